The molecule has 0 saturated heterocycles. The van der Waals surface area contributed by atoms with Gasteiger partial charge in [-0.2, -0.15) is 5.10 Å². The molecule has 0 aliphatic carbocycles. The fourth-order valence-electron chi connectivity index (χ4n) is 1.11. The quantitative estimate of drug-likeness (QED) is 0.613. The van der Waals surface area contributed by atoms with Crippen molar-refractivity contribution < 1.29 is 0 Å². The van der Waals surface area contributed by atoms with Gasteiger partial charge in [-0.05, 0) is 6.92 Å². The van der Waals surface area contributed by atoms with Gasteiger partial charge in [-0.1, -0.05) is 0 Å². The number of nitrogens with two attached hydrogens (primary N) is 2. The molecule has 0 fully saturated rings. The van der Waals surface area contributed by atoms with Crippen LogP contribution in [0.4, 0.5) is 0 Å². The Balaban J connectivity index is 2.93. The summed E-state index contributed by atoms with van der Waals surface area (Å²) in [6, 6.07) is -0.0799. The van der Waals surface area contributed by atoms with Gasteiger partial charge in [-0.15, -0.1) is 0 Å². The molecule has 1 unspecified atom stereocenters. The van der Waals surface area contributed by atoms with Crippen LogP contribution < -0.4 is 11.5 Å². The summed E-state index contributed by atoms with van der Waals surface area (Å²) in [6.07, 6.45) is 1.91. The summed E-state index contributed by atoms with van der Waals surface area (Å²) in [7, 11) is 1.87. The summed E-state index contributed by atoms with van der Waals surface area (Å²) in [5.74, 6) is 0. The number of nitrogens with zero attached hydrogens (tertiary/aromatic N) is 2. The van der Waals surface area contributed by atoms with Crippen LogP contribution >= 0.6 is 0 Å². The molecule has 0 spiro atoms. The van der Waals surface area contributed by atoms with Gasteiger partial charge in [-0.3, -0.25) is 4.68 Å². The zero-order valence-electron chi connectivity index (χ0n) is 6.91. The molecule has 4 N–H and O–H groups in total. The lowest BCUT2D eigenvalue weighted by molar-refractivity contribution is 0.729. The van der Waals surface area contributed by atoms with Gasteiger partial charge in [-0.25, -0.2) is 0 Å². The maximum Gasteiger partial charge on any atom is 0.0641 e. The molecule has 0 bridgehead atoms. The van der Waals surface area contributed by atoms with E-state index in [1.807, 2.05) is 20.2 Å². The second kappa shape index (κ2) is 3.02. The number of aryl methyl sites for hydroxylation is 2. The maximum atomic E-state index is 5.73. The summed E-state index contributed by atoms with van der Waals surface area (Å²) >= 11 is 0. The summed E-state index contributed by atoms with van der Waals surface area (Å²) in [5, 5.41) is 4.16. The van der Waals surface area contributed by atoms with Gasteiger partial charge in [0.25, 0.3) is 0 Å². The molecule has 0 saturated carbocycles. The molecule has 0 aliphatic heterocycles. The Labute approximate surface area is 66.2 Å². The van der Waals surface area contributed by atoms with Crippen LogP contribution in [0.15, 0.2) is 6.20 Å². The van der Waals surface area contributed by atoms with E-state index in [-0.39, 0.29) is 6.04 Å². The SMILES string of the molecule is Cc1nn(C)cc1C(N)CN. The Morgan fingerprint density at radius 2 is 2.36 bits per heavy atom. The van der Waals surface area contributed by atoms with E-state index in [4.69, 9.17) is 11.5 Å². The van der Waals surface area contributed by atoms with Crippen molar-refractivity contribution in [3.63, 3.8) is 0 Å². The smallest absolute Gasteiger partial charge is 0.0641 e. The lowest BCUT2D eigenvalue weighted by atomic mass is 10.1. The van der Waals surface area contributed by atoms with Crippen molar-refractivity contribution >= 4 is 0 Å². The molecule has 1 rings (SSSR count). The first-order valence-electron chi connectivity index (χ1n) is 3.61. The minimum Gasteiger partial charge on any atom is -0.329 e. The summed E-state index contributed by atoms with van der Waals surface area (Å²) in [5.41, 5.74) is 13.2. The Hall–Kier alpha value is -0.870. The first-order chi connectivity index (χ1) is 5.15. The summed E-state index contributed by atoms with van der Waals surface area (Å²) in [6.45, 7) is 2.40. The summed E-state index contributed by atoms with van der Waals surface area (Å²) in [4.78, 5) is 0. The second-order valence-corrected chi connectivity index (χ2v) is 2.69. The Kier molecular flexibility index (Phi) is 2.26. The molecule has 11 heavy (non-hydrogen) atoms. The highest BCUT2D eigenvalue weighted by Crippen LogP contribution is 2.11. The van der Waals surface area contributed by atoms with E-state index in [0.717, 1.165) is 11.3 Å². The molecule has 4 nitrogen and oxygen atoms in total. The van der Waals surface area contributed by atoms with Crippen molar-refractivity contribution in [3.05, 3.63) is 17.5 Å². The van der Waals surface area contributed by atoms with E-state index in [1.165, 1.54) is 0 Å². The minimum absolute atomic E-state index is 0.0799. The van der Waals surface area contributed by atoms with E-state index >= 15 is 0 Å². The Morgan fingerprint density at radius 3 is 2.73 bits per heavy atom. The predicted octanol–water partition coefficient (Wildman–Crippen LogP) is -0.313. The third-order valence-corrected chi connectivity index (χ3v) is 1.70. The van der Waals surface area contributed by atoms with Crippen LogP contribution in [0.5, 0.6) is 0 Å². The third kappa shape index (κ3) is 1.58. The van der Waals surface area contributed by atoms with E-state index in [0.29, 0.717) is 6.54 Å². The van der Waals surface area contributed by atoms with Gasteiger partial charge in [0, 0.05) is 31.4 Å². The molecular formula is C7H14N4. The molecule has 1 aromatic heterocycles. The topological polar surface area (TPSA) is 69.9 Å². The molecule has 0 amide bonds. The highest BCUT2D eigenvalue weighted by atomic mass is 15.2. The zero-order chi connectivity index (χ0) is 8.43. The van der Waals surface area contributed by atoms with Gasteiger partial charge >= 0.3 is 0 Å². The lowest BCUT2D eigenvalue weighted by Gasteiger charge is -2.05. The number of aromatic nitrogens is 2. The van der Waals surface area contributed by atoms with Crippen molar-refractivity contribution in [2.45, 2.75) is 13.0 Å². The molecule has 0 radical (unpaired) electrons. The average molecular weight is 154 g/mol. The van der Waals surface area contributed by atoms with Gasteiger partial charge < -0.3 is 11.5 Å². The number of hydrogen-bond acceptors (Lipinski definition) is 3. The first kappa shape index (κ1) is 8.23. The molecule has 0 aromatic carbocycles. The van der Waals surface area contributed by atoms with Crippen molar-refractivity contribution in [2.75, 3.05) is 6.54 Å². The van der Waals surface area contributed by atoms with E-state index in [9.17, 15) is 0 Å². The van der Waals surface area contributed by atoms with Crippen LogP contribution in [0.3, 0.4) is 0 Å². The molecule has 1 heterocycles. The molecule has 0 aliphatic rings. The van der Waals surface area contributed by atoms with E-state index in [2.05, 4.69) is 5.10 Å². The fraction of sp³-hybridized carbons (Fsp3) is 0.571. The lowest BCUT2D eigenvalue weighted by Crippen LogP contribution is -2.20. The van der Waals surface area contributed by atoms with Crippen LogP contribution in [0.1, 0.15) is 17.3 Å². The van der Waals surface area contributed by atoms with Crippen molar-refractivity contribution in [3.8, 4) is 0 Å². The van der Waals surface area contributed by atoms with Crippen LogP contribution in [0, 0.1) is 6.92 Å². The highest BCUT2D eigenvalue weighted by Gasteiger charge is 2.09. The maximum absolute atomic E-state index is 5.73. The average Bonchev–Trinajstić information content (AvgIpc) is 2.28. The zero-order valence-corrected chi connectivity index (χ0v) is 6.91. The molecule has 4 heteroatoms. The first-order valence-corrected chi connectivity index (χ1v) is 3.61. The second-order valence-electron chi connectivity index (χ2n) is 2.69. The predicted molar refractivity (Wildman–Crippen MR) is 43.9 cm³/mol. The monoisotopic (exact) mass is 154 g/mol. The summed E-state index contributed by atoms with van der Waals surface area (Å²) < 4.78 is 1.75. The molecule has 1 aromatic rings. The van der Waals surface area contributed by atoms with Crippen molar-refractivity contribution in [2.24, 2.45) is 18.5 Å². The highest BCUT2D eigenvalue weighted by molar-refractivity contribution is 5.19. The van der Waals surface area contributed by atoms with Gasteiger partial charge in [0.05, 0.1) is 5.69 Å². The van der Waals surface area contributed by atoms with Crippen LogP contribution in [-0.2, 0) is 7.05 Å². The van der Waals surface area contributed by atoms with Gasteiger partial charge in [0.1, 0.15) is 0 Å². The van der Waals surface area contributed by atoms with Crippen LogP contribution in [0.25, 0.3) is 0 Å². The van der Waals surface area contributed by atoms with Crippen LogP contribution in [-0.4, -0.2) is 16.3 Å². The molecule has 1 atom stereocenters. The Bertz CT molecular complexity index is 241. The molecule has 62 valence electrons. The normalized spacial score (nSPS) is 13.5. The number of hydrogen-bond donors (Lipinski definition) is 2. The Morgan fingerprint density at radius 1 is 1.73 bits per heavy atom. The van der Waals surface area contributed by atoms with Crippen LogP contribution in [0.2, 0.25) is 0 Å². The van der Waals surface area contributed by atoms with Gasteiger partial charge in [0.15, 0.2) is 0 Å². The van der Waals surface area contributed by atoms with Crippen molar-refractivity contribution in [1.82, 2.24) is 9.78 Å². The molecular weight excluding hydrogens is 140 g/mol. The largest absolute Gasteiger partial charge is 0.329 e. The van der Waals surface area contributed by atoms with E-state index < -0.39 is 0 Å². The fourth-order valence-corrected chi connectivity index (χ4v) is 1.11. The number of rotatable bonds is 2. The minimum atomic E-state index is -0.0799. The van der Waals surface area contributed by atoms with Gasteiger partial charge in [0.2, 0.25) is 0 Å². The van der Waals surface area contributed by atoms with E-state index in [1.54, 1.807) is 4.68 Å². The van der Waals surface area contributed by atoms with Crippen molar-refractivity contribution in [1.29, 1.82) is 0 Å². The third-order valence-electron chi connectivity index (χ3n) is 1.70. The standard InChI is InChI=1S/C7H14N4/c1-5-6(7(9)3-8)4-11(2)10-5/h4,7H,3,8-9H2,1-2H3.